The second-order valence-corrected chi connectivity index (χ2v) is 7.70. The van der Waals surface area contributed by atoms with Crippen molar-refractivity contribution in [2.75, 3.05) is 18.6 Å². The van der Waals surface area contributed by atoms with Crippen LogP contribution in [-0.4, -0.2) is 32.6 Å². The number of fused-ring (bicyclic) bond motifs is 1. The van der Waals surface area contributed by atoms with Crippen molar-refractivity contribution in [3.05, 3.63) is 72.3 Å². The molecule has 0 spiro atoms. The van der Waals surface area contributed by atoms with E-state index >= 15 is 0 Å². The highest BCUT2D eigenvalue weighted by atomic mass is 19.4. The monoisotopic (exact) mass is 501 g/mol. The summed E-state index contributed by atoms with van der Waals surface area (Å²) in [4.78, 5) is 1.79. The zero-order valence-corrected chi connectivity index (χ0v) is 18.0. The Morgan fingerprint density at radius 1 is 0.886 bits per heavy atom. The summed E-state index contributed by atoms with van der Waals surface area (Å²) >= 11 is 0. The lowest BCUT2D eigenvalue weighted by Gasteiger charge is -2.37. The van der Waals surface area contributed by atoms with Crippen LogP contribution in [0.25, 0.3) is 11.1 Å². The molecule has 0 N–H and O–H groups in total. The Bertz CT molecular complexity index is 1200. The maximum atomic E-state index is 13.3. The van der Waals surface area contributed by atoms with Gasteiger partial charge in [0, 0.05) is 12.6 Å². The lowest BCUT2D eigenvalue weighted by atomic mass is 9.99. The van der Waals surface area contributed by atoms with E-state index in [2.05, 4.69) is 9.47 Å². The van der Waals surface area contributed by atoms with E-state index in [1.807, 2.05) is 0 Å². The number of alkyl halides is 7. The van der Waals surface area contributed by atoms with Gasteiger partial charge < -0.3 is 19.1 Å². The van der Waals surface area contributed by atoms with Gasteiger partial charge in [-0.05, 0) is 41.5 Å². The molecule has 0 aromatic heterocycles. The molecular formula is C24H18F7NO3. The van der Waals surface area contributed by atoms with E-state index in [-0.39, 0.29) is 12.4 Å². The number of rotatable bonds is 6. The van der Waals surface area contributed by atoms with Crippen molar-refractivity contribution in [3.8, 4) is 28.4 Å². The van der Waals surface area contributed by atoms with E-state index in [1.165, 1.54) is 30.3 Å². The first-order valence-corrected chi connectivity index (χ1v) is 10.2. The lowest BCUT2D eigenvalue weighted by Crippen LogP contribution is -2.34. The molecule has 0 bridgehead atoms. The van der Waals surface area contributed by atoms with Gasteiger partial charge in [-0.15, -0.1) is 13.2 Å². The molecule has 35 heavy (non-hydrogen) atoms. The summed E-state index contributed by atoms with van der Waals surface area (Å²) in [6.45, 7) is 0.0496. The van der Waals surface area contributed by atoms with Gasteiger partial charge in [0.2, 0.25) is 0 Å². The summed E-state index contributed by atoms with van der Waals surface area (Å²) in [5.41, 5.74) is 2.02. The van der Waals surface area contributed by atoms with Gasteiger partial charge in [0.25, 0.3) is 0 Å². The Labute approximate surface area is 195 Å². The average Bonchev–Trinajstić information content (AvgIpc) is 2.78. The van der Waals surface area contributed by atoms with Crippen molar-refractivity contribution >= 4 is 5.69 Å². The van der Waals surface area contributed by atoms with E-state index in [9.17, 15) is 30.7 Å². The Balaban J connectivity index is 1.62. The van der Waals surface area contributed by atoms with Crippen molar-refractivity contribution in [1.82, 2.24) is 0 Å². The van der Waals surface area contributed by atoms with Crippen LogP contribution in [0.3, 0.4) is 0 Å². The minimum atomic E-state index is -4.84. The third kappa shape index (κ3) is 5.39. The molecule has 0 radical (unpaired) electrons. The maximum absolute atomic E-state index is 13.3. The quantitative estimate of drug-likeness (QED) is 0.339. The van der Waals surface area contributed by atoms with Crippen LogP contribution >= 0.6 is 0 Å². The predicted molar refractivity (Wildman–Crippen MR) is 113 cm³/mol. The Morgan fingerprint density at radius 2 is 1.54 bits per heavy atom. The fraction of sp³-hybridized carbons (Fsp3) is 0.250. The molecule has 3 aromatic carbocycles. The van der Waals surface area contributed by atoms with Gasteiger partial charge >= 0.3 is 18.9 Å². The molecule has 11 heteroatoms. The third-order valence-electron chi connectivity index (χ3n) is 5.36. The summed E-state index contributed by atoms with van der Waals surface area (Å²) in [5.74, 6) is -0.402. The highest BCUT2D eigenvalue weighted by Gasteiger charge is 2.44. The van der Waals surface area contributed by atoms with E-state index in [1.54, 1.807) is 42.3 Å². The Hall–Kier alpha value is -3.63. The number of anilines is 1. The van der Waals surface area contributed by atoms with Gasteiger partial charge in [0.15, 0.2) is 5.75 Å². The zero-order valence-electron chi connectivity index (χ0n) is 18.0. The molecule has 1 unspecified atom stereocenters. The molecular weight excluding hydrogens is 483 g/mol. The Morgan fingerprint density at radius 3 is 2.23 bits per heavy atom. The van der Waals surface area contributed by atoms with Gasteiger partial charge in [-0.2, -0.15) is 17.6 Å². The Kier molecular flexibility index (Phi) is 6.44. The van der Waals surface area contributed by atoms with Crippen LogP contribution in [0, 0.1) is 0 Å². The number of ether oxygens (including phenoxy) is 3. The number of hydrogen-bond donors (Lipinski definition) is 0. The van der Waals surface area contributed by atoms with Crippen LogP contribution in [0.1, 0.15) is 11.6 Å². The third-order valence-corrected chi connectivity index (χ3v) is 5.36. The molecule has 1 aliphatic heterocycles. The van der Waals surface area contributed by atoms with E-state index < -0.39 is 30.7 Å². The van der Waals surface area contributed by atoms with Crippen molar-refractivity contribution in [1.29, 1.82) is 0 Å². The highest BCUT2D eigenvalue weighted by molar-refractivity contribution is 5.80. The van der Waals surface area contributed by atoms with Gasteiger partial charge in [-0.25, -0.2) is 0 Å². The second-order valence-electron chi connectivity index (χ2n) is 7.70. The summed E-state index contributed by atoms with van der Waals surface area (Å²) < 4.78 is 104. The van der Waals surface area contributed by atoms with Crippen LogP contribution < -0.4 is 19.1 Å². The predicted octanol–water partition coefficient (Wildman–Crippen LogP) is 7.06. The van der Waals surface area contributed by atoms with Crippen molar-refractivity contribution in [3.63, 3.8) is 0 Å². The van der Waals surface area contributed by atoms with Crippen LogP contribution in [0.2, 0.25) is 0 Å². The maximum Gasteiger partial charge on any atom is 0.573 e. The van der Waals surface area contributed by atoms with E-state index in [0.29, 0.717) is 28.1 Å². The van der Waals surface area contributed by atoms with Crippen molar-refractivity contribution in [2.45, 2.75) is 24.9 Å². The number of nitrogens with zero attached hydrogens (tertiary/aromatic N) is 1. The molecule has 186 valence electrons. The second kappa shape index (κ2) is 9.20. The van der Waals surface area contributed by atoms with Gasteiger partial charge in [0.05, 0.1) is 11.7 Å². The molecule has 0 amide bonds. The summed E-state index contributed by atoms with van der Waals surface area (Å²) in [6.07, 6.45) is -13.5. The van der Waals surface area contributed by atoms with Gasteiger partial charge in [-0.3, -0.25) is 0 Å². The first-order valence-electron chi connectivity index (χ1n) is 10.2. The highest BCUT2D eigenvalue weighted by Crippen LogP contribution is 2.45. The average molecular weight is 501 g/mol. The summed E-state index contributed by atoms with van der Waals surface area (Å²) in [6, 6.07) is 15.5. The molecule has 1 heterocycles. The van der Waals surface area contributed by atoms with Crippen LogP contribution in [0.4, 0.5) is 36.4 Å². The fourth-order valence-corrected chi connectivity index (χ4v) is 3.79. The molecule has 4 nitrogen and oxygen atoms in total. The topological polar surface area (TPSA) is 30.9 Å². The van der Waals surface area contributed by atoms with Crippen LogP contribution in [-0.2, 0) is 0 Å². The lowest BCUT2D eigenvalue weighted by molar-refractivity contribution is -0.274. The number of para-hydroxylation sites is 1. The summed E-state index contributed by atoms with van der Waals surface area (Å²) in [7, 11) is 1.72. The number of halogens is 7. The zero-order chi connectivity index (χ0) is 25.4. The van der Waals surface area contributed by atoms with Crippen molar-refractivity contribution in [2.24, 2.45) is 0 Å². The van der Waals surface area contributed by atoms with Gasteiger partial charge in [-0.1, -0.05) is 36.4 Å². The molecule has 0 saturated heterocycles. The molecule has 1 atom stereocenters. The summed E-state index contributed by atoms with van der Waals surface area (Å²) in [5, 5.41) is 0. The first kappa shape index (κ1) is 24.5. The smallest absolute Gasteiger partial charge is 0.488 e. The minimum Gasteiger partial charge on any atom is -0.488 e. The fourth-order valence-electron chi connectivity index (χ4n) is 3.79. The standard InChI is InChI=1S/C24H18F7NO3/c1-32-19-10-4-9-18(14-5-2-8-17(11-14)35-24(29,30)31)21(19)33-13-20(32)15-6-3-7-16(12-15)34-23(27,28)22(25)26/h2-12,20,22H,13H2,1H3. The molecule has 4 rings (SSSR count). The van der Waals surface area contributed by atoms with Crippen molar-refractivity contribution < 1.29 is 44.9 Å². The molecule has 0 aliphatic carbocycles. The minimum absolute atomic E-state index is 0.0496. The number of benzene rings is 3. The van der Waals surface area contributed by atoms with Gasteiger partial charge in [0.1, 0.15) is 18.1 Å². The molecule has 1 aliphatic rings. The van der Waals surface area contributed by atoms with Crippen LogP contribution in [0.5, 0.6) is 17.2 Å². The number of hydrogen-bond acceptors (Lipinski definition) is 4. The molecule has 3 aromatic rings. The SMILES string of the molecule is CN1c2cccc(-c3cccc(OC(F)(F)F)c3)c2OCC1c1cccc(OC(F)(F)C(F)F)c1. The number of likely N-dealkylation sites (N-methyl/N-ethyl adjacent to an activating group) is 1. The normalized spacial score (nSPS) is 16.0. The largest absolute Gasteiger partial charge is 0.573 e. The molecule has 0 saturated carbocycles. The first-order chi connectivity index (χ1) is 16.4. The molecule has 0 fully saturated rings. The van der Waals surface area contributed by atoms with E-state index in [4.69, 9.17) is 4.74 Å². The van der Waals surface area contributed by atoms with Crippen LogP contribution in [0.15, 0.2) is 66.7 Å². The van der Waals surface area contributed by atoms with E-state index in [0.717, 1.165) is 6.07 Å².